The van der Waals surface area contributed by atoms with E-state index in [0.29, 0.717) is 26.1 Å². The van der Waals surface area contributed by atoms with Gasteiger partial charge in [0.15, 0.2) is 0 Å². The van der Waals surface area contributed by atoms with Gasteiger partial charge in [0, 0.05) is 31.4 Å². The number of aliphatic hydroxyl groups excluding tert-OH is 1. The van der Waals surface area contributed by atoms with Gasteiger partial charge in [-0.25, -0.2) is 8.78 Å². The molecule has 0 aliphatic carbocycles. The van der Waals surface area contributed by atoms with Gasteiger partial charge in [0.05, 0.1) is 11.5 Å². The normalized spacial score (nSPS) is 18.7. The second-order valence-corrected chi connectivity index (χ2v) is 6.34. The molecule has 1 amide bonds. The number of rotatable bonds is 5. The molecule has 1 fully saturated rings. The summed E-state index contributed by atoms with van der Waals surface area (Å²) in [6.07, 6.45) is -0.0351. The van der Waals surface area contributed by atoms with Crippen LogP contribution in [0.3, 0.4) is 0 Å². The van der Waals surface area contributed by atoms with Gasteiger partial charge in [-0.2, -0.15) is 0 Å². The Labute approximate surface area is 134 Å². The lowest BCUT2D eigenvalue weighted by atomic mass is 9.73. The van der Waals surface area contributed by atoms with E-state index in [0.717, 1.165) is 12.1 Å². The molecule has 4 nitrogen and oxygen atoms in total. The molecule has 1 heterocycles. The fourth-order valence-electron chi connectivity index (χ4n) is 2.82. The Morgan fingerprint density at radius 2 is 2.00 bits per heavy atom. The number of hydrogen-bond acceptors (Lipinski definition) is 3. The highest BCUT2D eigenvalue weighted by molar-refractivity contribution is 5.88. The SMILES string of the molecule is CC(C)C(O)CNC(=O)C1(c2ccc(F)cc2F)CCOCC1. The summed E-state index contributed by atoms with van der Waals surface area (Å²) in [5.41, 5.74) is -0.911. The Bertz CT molecular complexity index is 557. The van der Waals surface area contributed by atoms with E-state index in [9.17, 15) is 18.7 Å². The topological polar surface area (TPSA) is 58.6 Å². The van der Waals surface area contributed by atoms with E-state index in [-0.39, 0.29) is 23.9 Å². The third kappa shape index (κ3) is 3.87. The van der Waals surface area contributed by atoms with Gasteiger partial charge >= 0.3 is 0 Å². The van der Waals surface area contributed by atoms with Crippen LogP contribution in [0.1, 0.15) is 32.3 Å². The highest BCUT2D eigenvalue weighted by Gasteiger charge is 2.43. The number of aliphatic hydroxyl groups is 1. The van der Waals surface area contributed by atoms with Crippen LogP contribution in [0.4, 0.5) is 8.78 Å². The molecule has 0 bridgehead atoms. The monoisotopic (exact) mass is 327 g/mol. The lowest BCUT2D eigenvalue weighted by molar-refractivity contribution is -0.131. The molecule has 1 saturated heterocycles. The summed E-state index contributed by atoms with van der Waals surface area (Å²) in [6, 6.07) is 3.28. The van der Waals surface area contributed by atoms with Gasteiger partial charge in [-0.05, 0) is 24.8 Å². The molecule has 1 unspecified atom stereocenters. The number of amides is 1. The third-order valence-electron chi connectivity index (χ3n) is 4.47. The van der Waals surface area contributed by atoms with Crippen molar-refractivity contribution in [3.8, 4) is 0 Å². The average molecular weight is 327 g/mol. The molecule has 1 aliphatic heterocycles. The van der Waals surface area contributed by atoms with Crippen molar-refractivity contribution in [3.05, 3.63) is 35.4 Å². The molecular weight excluding hydrogens is 304 g/mol. The minimum absolute atomic E-state index is 0.00324. The largest absolute Gasteiger partial charge is 0.391 e. The van der Waals surface area contributed by atoms with Crippen molar-refractivity contribution in [1.29, 1.82) is 0 Å². The summed E-state index contributed by atoms with van der Waals surface area (Å²) in [5.74, 6) is -1.76. The molecule has 128 valence electrons. The number of ether oxygens (including phenoxy) is 1. The molecule has 2 rings (SSSR count). The maximum atomic E-state index is 14.3. The van der Waals surface area contributed by atoms with Gasteiger partial charge in [-0.1, -0.05) is 19.9 Å². The number of halogens is 2. The third-order valence-corrected chi connectivity index (χ3v) is 4.47. The zero-order valence-corrected chi connectivity index (χ0v) is 13.4. The number of carbonyl (C=O) groups excluding carboxylic acids is 1. The van der Waals surface area contributed by atoms with E-state index in [2.05, 4.69) is 5.32 Å². The van der Waals surface area contributed by atoms with Crippen molar-refractivity contribution in [1.82, 2.24) is 5.32 Å². The van der Waals surface area contributed by atoms with E-state index in [1.165, 1.54) is 6.07 Å². The number of nitrogens with one attached hydrogen (secondary N) is 1. The second-order valence-electron chi connectivity index (χ2n) is 6.34. The maximum absolute atomic E-state index is 14.3. The van der Waals surface area contributed by atoms with Crippen LogP contribution in [0, 0.1) is 17.6 Å². The summed E-state index contributed by atoms with van der Waals surface area (Å²) < 4.78 is 32.7. The van der Waals surface area contributed by atoms with Crippen molar-refractivity contribution in [2.45, 2.75) is 38.2 Å². The zero-order valence-electron chi connectivity index (χ0n) is 13.4. The van der Waals surface area contributed by atoms with Crippen LogP contribution in [0.25, 0.3) is 0 Å². The fraction of sp³-hybridized carbons (Fsp3) is 0.588. The van der Waals surface area contributed by atoms with Crippen LogP contribution >= 0.6 is 0 Å². The first kappa shape index (κ1) is 17.8. The van der Waals surface area contributed by atoms with Crippen molar-refractivity contribution in [2.24, 2.45) is 5.92 Å². The molecule has 23 heavy (non-hydrogen) atoms. The van der Waals surface area contributed by atoms with E-state index in [1.807, 2.05) is 13.8 Å². The molecule has 1 aromatic rings. The quantitative estimate of drug-likeness (QED) is 0.871. The maximum Gasteiger partial charge on any atom is 0.231 e. The van der Waals surface area contributed by atoms with Crippen LogP contribution in [0.2, 0.25) is 0 Å². The Morgan fingerprint density at radius 1 is 1.35 bits per heavy atom. The molecule has 6 heteroatoms. The first-order chi connectivity index (χ1) is 10.9. The molecule has 0 spiro atoms. The first-order valence-corrected chi connectivity index (χ1v) is 7.86. The van der Waals surface area contributed by atoms with Crippen molar-refractivity contribution >= 4 is 5.91 Å². The van der Waals surface area contributed by atoms with E-state index < -0.39 is 23.2 Å². The van der Waals surface area contributed by atoms with Crippen LogP contribution in [-0.2, 0) is 14.9 Å². The van der Waals surface area contributed by atoms with Gasteiger partial charge in [0.2, 0.25) is 5.91 Å². The predicted molar refractivity (Wildman–Crippen MR) is 81.9 cm³/mol. The molecule has 0 aromatic heterocycles. The molecular formula is C17H23F2NO3. The lowest BCUT2D eigenvalue weighted by Crippen LogP contribution is -2.50. The minimum atomic E-state index is -1.09. The summed E-state index contributed by atoms with van der Waals surface area (Å²) in [6.45, 7) is 4.46. The second kappa shape index (κ2) is 7.36. The number of benzene rings is 1. The predicted octanol–water partition coefficient (Wildman–Crippen LogP) is 2.15. The van der Waals surface area contributed by atoms with Crippen molar-refractivity contribution in [3.63, 3.8) is 0 Å². The molecule has 2 N–H and O–H groups in total. The Hall–Kier alpha value is -1.53. The lowest BCUT2D eigenvalue weighted by Gasteiger charge is -2.36. The minimum Gasteiger partial charge on any atom is -0.391 e. The molecule has 1 aliphatic rings. The van der Waals surface area contributed by atoms with Gasteiger partial charge in [0.1, 0.15) is 11.6 Å². The van der Waals surface area contributed by atoms with Crippen LogP contribution in [-0.4, -0.2) is 36.9 Å². The zero-order chi connectivity index (χ0) is 17.0. The smallest absolute Gasteiger partial charge is 0.231 e. The summed E-state index contributed by atoms with van der Waals surface area (Å²) in [4.78, 5) is 12.7. The number of carbonyl (C=O) groups is 1. The van der Waals surface area contributed by atoms with Crippen molar-refractivity contribution < 1.29 is 23.4 Å². The Balaban J connectivity index is 2.26. The molecule has 0 radical (unpaired) electrons. The van der Waals surface area contributed by atoms with Crippen LogP contribution in [0.15, 0.2) is 18.2 Å². The summed E-state index contributed by atoms with van der Waals surface area (Å²) >= 11 is 0. The fourth-order valence-corrected chi connectivity index (χ4v) is 2.82. The van der Waals surface area contributed by atoms with Crippen molar-refractivity contribution in [2.75, 3.05) is 19.8 Å². The van der Waals surface area contributed by atoms with Gasteiger partial charge in [0.25, 0.3) is 0 Å². The first-order valence-electron chi connectivity index (χ1n) is 7.86. The molecule has 0 saturated carbocycles. The highest BCUT2D eigenvalue weighted by Crippen LogP contribution is 2.37. The average Bonchev–Trinajstić information content (AvgIpc) is 2.52. The van der Waals surface area contributed by atoms with E-state index in [1.54, 1.807) is 0 Å². The van der Waals surface area contributed by atoms with Gasteiger partial charge in [-0.3, -0.25) is 4.79 Å². The van der Waals surface area contributed by atoms with Crippen LogP contribution in [0.5, 0.6) is 0 Å². The highest BCUT2D eigenvalue weighted by atomic mass is 19.1. The van der Waals surface area contributed by atoms with Gasteiger partial charge < -0.3 is 15.2 Å². The molecule has 1 atom stereocenters. The summed E-state index contributed by atoms with van der Waals surface area (Å²) in [5, 5.41) is 12.6. The number of hydrogen-bond donors (Lipinski definition) is 2. The van der Waals surface area contributed by atoms with Crippen LogP contribution < -0.4 is 5.32 Å². The van der Waals surface area contributed by atoms with E-state index in [4.69, 9.17) is 4.74 Å². The Morgan fingerprint density at radius 3 is 2.57 bits per heavy atom. The van der Waals surface area contributed by atoms with E-state index >= 15 is 0 Å². The van der Waals surface area contributed by atoms with Gasteiger partial charge in [-0.15, -0.1) is 0 Å². The summed E-state index contributed by atoms with van der Waals surface area (Å²) in [7, 11) is 0. The Kier molecular flexibility index (Phi) is 5.70. The standard InChI is InChI=1S/C17H23F2NO3/c1-11(2)15(21)10-20-16(22)17(5-7-23-8-6-17)13-4-3-12(18)9-14(13)19/h3-4,9,11,15,21H,5-8,10H2,1-2H3,(H,20,22). The molecule has 1 aromatic carbocycles.